The summed E-state index contributed by atoms with van der Waals surface area (Å²) in [7, 11) is 6.35. The first-order valence-corrected chi connectivity index (χ1v) is 6.33. The van der Waals surface area contributed by atoms with Gasteiger partial charge in [-0.2, -0.15) is 0 Å². The first-order valence-electron chi connectivity index (χ1n) is 6.33. The van der Waals surface area contributed by atoms with Crippen molar-refractivity contribution in [2.45, 2.75) is 12.5 Å². The van der Waals surface area contributed by atoms with Crippen LogP contribution in [-0.2, 0) is 6.42 Å². The molecule has 0 aliphatic carbocycles. The summed E-state index contributed by atoms with van der Waals surface area (Å²) in [6.45, 7) is 3.42. The molecule has 0 amide bonds. The fourth-order valence-electron chi connectivity index (χ4n) is 2.34. The summed E-state index contributed by atoms with van der Waals surface area (Å²) in [4.78, 5) is 4.53. The summed E-state index contributed by atoms with van der Waals surface area (Å²) in [5.74, 6) is 0. The number of piperazine rings is 1. The van der Waals surface area contributed by atoms with Crippen LogP contribution in [0, 0.1) is 0 Å². The van der Waals surface area contributed by atoms with Crippen molar-refractivity contribution in [3.05, 3.63) is 29.8 Å². The highest BCUT2D eigenvalue weighted by Crippen LogP contribution is 2.14. The van der Waals surface area contributed by atoms with Gasteiger partial charge in [-0.15, -0.1) is 0 Å². The van der Waals surface area contributed by atoms with Gasteiger partial charge in [-0.25, -0.2) is 0 Å². The van der Waals surface area contributed by atoms with Gasteiger partial charge in [-0.05, 0) is 31.2 Å². The zero-order valence-electron chi connectivity index (χ0n) is 11.1. The van der Waals surface area contributed by atoms with E-state index in [2.05, 4.69) is 60.5 Å². The number of rotatable bonds is 3. The van der Waals surface area contributed by atoms with Crippen molar-refractivity contribution in [3.8, 4) is 0 Å². The van der Waals surface area contributed by atoms with Gasteiger partial charge in [0.05, 0.1) is 0 Å². The number of benzene rings is 1. The zero-order valence-corrected chi connectivity index (χ0v) is 11.1. The van der Waals surface area contributed by atoms with Gasteiger partial charge in [0.2, 0.25) is 0 Å². The third-order valence-corrected chi connectivity index (χ3v) is 3.39. The van der Waals surface area contributed by atoms with Gasteiger partial charge in [0.25, 0.3) is 0 Å². The van der Waals surface area contributed by atoms with E-state index in [1.165, 1.54) is 11.3 Å². The minimum absolute atomic E-state index is 0.596. The topological polar surface area (TPSA) is 18.5 Å². The highest BCUT2D eigenvalue weighted by atomic mass is 15.2. The monoisotopic (exact) mass is 233 g/mol. The maximum Gasteiger partial charge on any atom is 0.0361 e. The Morgan fingerprint density at radius 3 is 2.59 bits per heavy atom. The second kappa shape index (κ2) is 5.52. The SMILES string of the molecule is CN1CCNC(Cc2ccc(N(C)C)cc2)C1. The van der Waals surface area contributed by atoms with Crippen molar-refractivity contribution in [1.29, 1.82) is 0 Å². The first-order chi connectivity index (χ1) is 8.15. The van der Waals surface area contributed by atoms with E-state index < -0.39 is 0 Å². The van der Waals surface area contributed by atoms with Gasteiger partial charge in [0, 0.05) is 45.5 Å². The summed E-state index contributed by atoms with van der Waals surface area (Å²) in [5.41, 5.74) is 2.69. The molecule has 1 N–H and O–H groups in total. The number of nitrogens with zero attached hydrogens (tertiary/aromatic N) is 2. The molecular formula is C14H23N3. The smallest absolute Gasteiger partial charge is 0.0361 e. The summed E-state index contributed by atoms with van der Waals surface area (Å²) in [6.07, 6.45) is 1.12. The fourth-order valence-corrected chi connectivity index (χ4v) is 2.34. The van der Waals surface area contributed by atoms with Gasteiger partial charge in [0.15, 0.2) is 0 Å². The Labute approximate surface area is 104 Å². The molecule has 0 aromatic heterocycles. The van der Waals surface area contributed by atoms with Crippen LogP contribution in [0.3, 0.4) is 0 Å². The zero-order chi connectivity index (χ0) is 12.3. The Balaban J connectivity index is 1.94. The number of likely N-dealkylation sites (N-methyl/N-ethyl adjacent to an activating group) is 1. The standard InChI is InChI=1S/C14H23N3/c1-16(2)14-6-4-12(5-7-14)10-13-11-17(3)9-8-15-13/h4-7,13,15H,8-11H2,1-3H3. The Morgan fingerprint density at radius 2 is 2.00 bits per heavy atom. The van der Waals surface area contributed by atoms with Crippen LogP contribution in [0.5, 0.6) is 0 Å². The number of hydrogen-bond acceptors (Lipinski definition) is 3. The summed E-state index contributed by atoms with van der Waals surface area (Å²) in [6, 6.07) is 9.47. The van der Waals surface area contributed by atoms with E-state index in [-0.39, 0.29) is 0 Å². The summed E-state index contributed by atoms with van der Waals surface area (Å²) < 4.78 is 0. The van der Waals surface area contributed by atoms with E-state index in [0.29, 0.717) is 6.04 Å². The second-order valence-electron chi connectivity index (χ2n) is 5.18. The van der Waals surface area contributed by atoms with Crippen LogP contribution in [0.1, 0.15) is 5.56 Å². The first kappa shape index (κ1) is 12.4. The Morgan fingerprint density at radius 1 is 1.29 bits per heavy atom. The van der Waals surface area contributed by atoms with Gasteiger partial charge < -0.3 is 15.1 Å². The van der Waals surface area contributed by atoms with Crippen LogP contribution in [0.15, 0.2) is 24.3 Å². The predicted molar refractivity (Wildman–Crippen MR) is 73.8 cm³/mol. The summed E-state index contributed by atoms with van der Waals surface area (Å²) in [5, 5.41) is 3.58. The molecule has 0 saturated carbocycles. The Hall–Kier alpha value is -1.06. The normalized spacial score (nSPS) is 21.5. The van der Waals surface area contributed by atoms with Crippen molar-refractivity contribution in [2.75, 3.05) is 45.7 Å². The van der Waals surface area contributed by atoms with Crippen LogP contribution in [-0.4, -0.2) is 51.7 Å². The van der Waals surface area contributed by atoms with Gasteiger partial charge in [-0.3, -0.25) is 0 Å². The third kappa shape index (κ3) is 3.45. The van der Waals surface area contributed by atoms with E-state index in [1.807, 2.05) is 0 Å². The van der Waals surface area contributed by atoms with Crippen molar-refractivity contribution in [3.63, 3.8) is 0 Å². The maximum atomic E-state index is 3.58. The molecule has 3 nitrogen and oxygen atoms in total. The van der Waals surface area contributed by atoms with Gasteiger partial charge in [0.1, 0.15) is 0 Å². The highest BCUT2D eigenvalue weighted by molar-refractivity contribution is 5.46. The third-order valence-electron chi connectivity index (χ3n) is 3.39. The molecule has 1 saturated heterocycles. The fraction of sp³-hybridized carbons (Fsp3) is 0.571. The molecule has 1 fully saturated rings. The average molecular weight is 233 g/mol. The van der Waals surface area contributed by atoms with Crippen LogP contribution in [0.2, 0.25) is 0 Å². The van der Waals surface area contributed by atoms with Crippen LogP contribution in [0.4, 0.5) is 5.69 Å². The molecule has 17 heavy (non-hydrogen) atoms. The molecular weight excluding hydrogens is 210 g/mol. The molecule has 1 aromatic rings. The molecule has 0 bridgehead atoms. The number of nitrogens with one attached hydrogen (secondary N) is 1. The average Bonchev–Trinajstić information content (AvgIpc) is 2.29. The largest absolute Gasteiger partial charge is 0.378 e. The van der Waals surface area contributed by atoms with E-state index >= 15 is 0 Å². The maximum absolute atomic E-state index is 3.58. The minimum Gasteiger partial charge on any atom is -0.378 e. The Bertz CT molecular complexity index is 345. The predicted octanol–water partition coefficient (Wildman–Crippen LogP) is 1.20. The minimum atomic E-state index is 0.596. The molecule has 1 aliphatic heterocycles. The van der Waals surface area contributed by atoms with Gasteiger partial charge in [-0.1, -0.05) is 12.1 Å². The van der Waals surface area contributed by atoms with Crippen LogP contribution >= 0.6 is 0 Å². The van der Waals surface area contributed by atoms with Crippen molar-refractivity contribution in [1.82, 2.24) is 10.2 Å². The molecule has 2 rings (SSSR count). The molecule has 3 heteroatoms. The van der Waals surface area contributed by atoms with Gasteiger partial charge >= 0.3 is 0 Å². The van der Waals surface area contributed by atoms with Crippen LogP contribution in [0.25, 0.3) is 0 Å². The summed E-state index contributed by atoms with van der Waals surface area (Å²) >= 11 is 0. The number of anilines is 1. The molecule has 0 radical (unpaired) electrons. The molecule has 1 unspecified atom stereocenters. The molecule has 1 aromatic carbocycles. The van der Waals surface area contributed by atoms with Crippen molar-refractivity contribution in [2.24, 2.45) is 0 Å². The van der Waals surface area contributed by atoms with E-state index in [9.17, 15) is 0 Å². The highest BCUT2D eigenvalue weighted by Gasteiger charge is 2.16. The second-order valence-corrected chi connectivity index (χ2v) is 5.18. The van der Waals surface area contributed by atoms with E-state index in [1.54, 1.807) is 0 Å². The van der Waals surface area contributed by atoms with Crippen LogP contribution < -0.4 is 10.2 Å². The molecule has 0 spiro atoms. The lowest BCUT2D eigenvalue weighted by atomic mass is 10.0. The molecule has 1 heterocycles. The molecule has 1 atom stereocenters. The lowest BCUT2D eigenvalue weighted by Crippen LogP contribution is -2.49. The molecule has 94 valence electrons. The molecule has 1 aliphatic rings. The van der Waals surface area contributed by atoms with E-state index in [0.717, 1.165) is 26.1 Å². The van der Waals surface area contributed by atoms with E-state index in [4.69, 9.17) is 0 Å². The lowest BCUT2D eigenvalue weighted by molar-refractivity contribution is 0.238. The van der Waals surface area contributed by atoms with Crippen molar-refractivity contribution >= 4 is 5.69 Å². The quantitative estimate of drug-likeness (QED) is 0.846. The van der Waals surface area contributed by atoms with Crippen molar-refractivity contribution < 1.29 is 0 Å². The Kier molecular flexibility index (Phi) is 4.02. The number of hydrogen-bond donors (Lipinski definition) is 1. The lowest BCUT2D eigenvalue weighted by Gasteiger charge is -2.31.